The fourth-order valence-corrected chi connectivity index (χ4v) is 7.66. The molecule has 1 unspecified atom stereocenters. The number of rotatable bonds is 13. The molecule has 3 rings (SSSR count). The van der Waals surface area contributed by atoms with Crippen LogP contribution in [-0.4, -0.2) is 144 Å². The number of likely N-dealkylation sites (N-methyl/N-ethyl adjacent to an activating group) is 1. The Kier molecular flexibility index (Phi) is 12.0. The van der Waals surface area contributed by atoms with Gasteiger partial charge in [-0.25, -0.2) is 8.42 Å². The van der Waals surface area contributed by atoms with E-state index in [1.807, 2.05) is 11.9 Å². The van der Waals surface area contributed by atoms with Crippen LogP contribution in [0.25, 0.3) is 0 Å². The monoisotopic (exact) mass is 567 g/mol. The van der Waals surface area contributed by atoms with Crippen molar-refractivity contribution < 1.29 is 22.7 Å². The zero-order valence-electron chi connectivity index (χ0n) is 24.8. The van der Waals surface area contributed by atoms with E-state index in [9.17, 15) is 13.2 Å². The molecular formula is C28H49N5O5S. The van der Waals surface area contributed by atoms with E-state index in [1.165, 1.54) is 0 Å². The molecule has 0 bridgehead atoms. The van der Waals surface area contributed by atoms with Gasteiger partial charge in [0.05, 0.1) is 24.7 Å². The summed E-state index contributed by atoms with van der Waals surface area (Å²) in [6.45, 7) is 17.2. The Hall–Kier alpha value is -1.76. The summed E-state index contributed by atoms with van der Waals surface area (Å²) < 4.78 is 40.3. The number of sulfonamides is 1. The molecule has 2 fully saturated rings. The van der Waals surface area contributed by atoms with Crippen molar-refractivity contribution in [3.63, 3.8) is 0 Å². The van der Waals surface area contributed by atoms with Gasteiger partial charge in [0.15, 0.2) is 0 Å². The number of methoxy groups -OCH3 is 1. The zero-order chi connectivity index (χ0) is 28.6. The number of carbonyl (C=O) groups is 1. The Labute approximate surface area is 235 Å². The normalized spacial score (nSPS) is 20.1. The average Bonchev–Trinajstić information content (AvgIpc) is 2.90. The highest BCUT2D eigenvalue weighted by molar-refractivity contribution is 7.89. The van der Waals surface area contributed by atoms with Crippen molar-refractivity contribution >= 4 is 15.9 Å². The fourth-order valence-electron chi connectivity index (χ4n) is 5.65. The smallest absolute Gasteiger partial charge is 0.248 e. The highest BCUT2D eigenvalue weighted by Crippen LogP contribution is 2.30. The quantitative estimate of drug-likeness (QED) is 0.355. The maximum absolute atomic E-state index is 13.8. The van der Waals surface area contributed by atoms with Gasteiger partial charge in [-0.1, -0.05) is 13.8 Å². The van der Waals surface area contributed by atoms with Crippen molar-refractivity contribution in [1.82, 2.24) is 23.9 Å². The number of nitrogens with zero attached hydrogens (tertiary/aromatic N) is 5. The molecule has 0 saturated carbocycles. The Morgan fingerprint density at radius 1 is 1.03 bits per heavy atom. The molecule has 0 spiro atoms. The SMILES string of the molecule is CCN(CC)CCCN1CCN(C(=O)COCC2CN(C)CCN2S(=O)(=O)c2c(C)cc(OC)cc2C)CC1. The molecule has 1 amide bonds. The lowest BCUT2D eigenvalue weighted by Gasteiger charge is -2.39. The Balaban J connectivity index is 1.52. The molecule has 11 heteroatoms. The second-order valence-electron chi connectivity index (χ2n) is 10.7. The van der Waals surface area contributed by atoms with Crippen molar-refractivity contribution in [3.8, 4) is 5.75 Å². The van der Waals surface area contributed by atoms with Gasteiger partial charge in [0.25, 0.3) is 0 Å². The minimum atomic E-state index is -3.75. The van der Waals surface area contributed by atoms with Crippen LogP contribution in [0.5, 0.6) is 5.75 Å². The molecule has 0 aliphatic carbocycles. The first-order valence-corrected chi connectivity index (χ1v) is 15.7. The summed E-state index contributed by atoms with van der Waals surface area (Å²) in [7, 11) is -0.193. The van der Waals surface area contributed by atoms with E-state index < -0.39 is 10.0 Å². The molecule has 1 atom stereocenters. The lowest BCUT2D eigenvalue weighted by molar-refractivity contribution is -0.138. The highest BCUT2D eigenvalue weighted by atomic mass is 32.2. The van der Waals surface area contributed by atoms with Crippen LogP contribution in [-0.2, 0) is 19.6 Å². The van der Waals surface area contributed by atoms with E-state index in [4.69, 9.17) is 9.47 Å². The first-order chi connectivity index (χ1) is 18.6. The third-order valence-corrected chi connectivity index (χ3v) is 10.2. The standard InChI is InChI=1S/C28H49N5O5S/c1-7-30(8-2)10-9-11-31-13-15-32(16-14-31)27(34)22-38-21-25-20-29(5)12-17-33(25)39(35,36)28-23(3)18-26(37-6)19-24(28)4/h18-19,25H,7-17,20-22H2,1-6H3. The topological polar surface area (TPSA) is 85.9 Å². The molecule has 10 nitrogen and oxygen atoms in total. The van der Waals surface area contributed by atoms with Crippen molar-refractivity contribution in [2.45, 2.75) is 45.1 Å². The summed E-state index contributed by atoms with van der Waals surface area (Å²) in [5.41, 5.74) is 1.32. The van der Waals surface area contributed by atoms with E-state index in [2.05, 4.69) is 28.5 Å². The van der Waals surface area contributed by atoms with Crippen LogP contribution in [0.3, 0.4) is 0 Å². The predicted octanol–water partition coefficient (Wildman–Crippen LogP) is 1.51. The van der Waals surface area contributed by atoms with E-state index in [0.717, 1.165) is 45.7 Å². The number of hydrogen-bond acceptors (Lipinski definition) is 8. The summed E-state index contributed by atoms with van der Waals surface area (Å²) in [4.78, 5) is 22.0. The second-order valence-corrected chi connectivity index (χ2v) is 12.6. The first kappa shape index (κ1) is 31.8. The van der Waals surface area contributed by atoms with E-state index in [1.54, 1.807) is 37.4 Å². The molecule has 1 aromatic carbocycles. The van der Waals surface area contributed by atoms with Gasteiger partial charge in [-0.15, -0.1) is 0 Å². The number of piperazine rings is 2. The molecule has 2 heterocycles. The Morgan fingerprint density at radius 2 is 1.67 bits per heavy atom. The summed E-state index contributed by atoms with van der Waals surface area (Å²) >= 11 is 0. The van der Waals surface area contributed by atoms with E-state index >= 15 is 0 Å². The molecule has 39 heavy (non-hydrogen) atoms. The summed E-state index contributed by atoms with van der Waals surface area (Å²) in [6, 6.07) is 3.14. The lowest BCUT2D eigenvalue weighted by Crippen LogP contribution is -2.56. The molecule has 2 aliphatic rings. The van der Waals surface area contributed by atoms with Gasteiger partial charge in [-0.05, 0) is 76.8 Å². The molecule has 0 radical (unpaired) electrons. The third-order valence-electron chi connectivity index (χ3n) is 7.97. The second kappa shape index (κ2) is 14.7. The van der Waals surface area contributed by atoms with Gasteiger partial charge in [-0.3, -0.25) is 9.69 Å². The maximum atomic E-state index is 13.8. The lowest BCUT2D eigenvalue weighted by atomic mass is 10.1. The van der Waals surface area contributed by atoms with Gasteiger partial charge >= 0.3 is 0 Å². The van der Waals surface area contributed by atoms with Crippen molar-refractivity contribution in [2.75, 3.05) is 99.4 Å². The average molecular weight is 568 g/mol. The number of hydrogen-bond donors (Lipinski definition) is 0. The summed E-state index contributed by atoms with van der Waals surface area (Å²) in [6.07, 6.45) is 1.14. The van der Waals surface area contributed by atoms with Gasteiger partial charge < -0.3 is 24.2 Å². The minimum absolute atomic E-state index is 0.0294. The van der Waals surface area contributed by atoms with E-state index in [-0.39, 0.29) is 25.2 Å². The molecule has 2 saturated heterocycles. The Bertz CT molecular complexity index is 1020. The molecule has 0 aromatic heterocycles. The van der Waals surface area contributed by atoms with Crippen molar-refractivity contribution in [2.24, 2.45) is 0 Å². The highest BCUT2D eigenvalue weighted by Gasteiger charge is 2.37. The van der Waals surface area contributed by atoms with Crippen LogP contribution in [0, 0.1) is 13.8 Å². The number of ether oxygens (including phenoxy) is 2. The van der Waals surface area contributed by atoms with Crippen LogP contribution in [0.15, 0.2) is 17.0 Å². The fraction of sp³-hybridized carbons (Fsp3) is 0.750. The first-order valence-electron chi connectivity index (χ1n) is 14.3. The van der Waals surface area contributed by atoms with Crippen LogP contribution in [0.1, 0.15) is 31.4 Å². The van der Waals surface area contributed by atoms with Crippen molar-refractivity contribution in [1.29, 1.82) is 0 Å². The predicted molar refractivity (Wildman–Crippen MR) is 154 cm³/mol. The van der Waals surface area contributed by atoms with Gasteiger partial charge in [0, 0.05) is 45.8 Å². The Morgan fingerprint density at radius 3 is 2.26 bits per heavy atom. The minimum Gasteiger partial charge on any atom is -0.497 e. The van der Waals surface area contributed by atoms with E-state index in [0.29, 0.717) is 54.5 Å². The summed E-state index contributed by atoms with van der Waals surface area (Å²) in [5, 5.41) is 0. The molecular weight excluding hydrogens is 518 g/mol. The van der Waals surface area contributed by atoms with Crippen molar-refractivity contribution in [3.05, 3.63) is 23.3 Å². The third kappa shape index (κ3) is 8.37. The molecule has 0 N–H and O–H groups in total. The summed E-state index contributed by atoms with van der Waals surface area (Å²) in [5.74, 6) is 0.611. The zero-order valence-corrected chi connectivity index (χ0v) is 25.6. The molecule has 2 aliphatic heterocycles. The number of amides is 1. The number of benzene rings is 1. The molecule has 222 valence electrons. The van der Waals surface area contributed by atoms with Crippen LogP contribution in [0.2, 0.25) is 0 Å². The number of carbonyl (C=O) groups excluding carboxylic acids is 1. The number of aryl methyl sites for hydroxylation is 2. The van der Waals surface area contributed by atoms with Crippen LogP contribution >= 0.6 is 0 Å². The van der Waals surface area contributed by atoms with Gasteiger partial charge in [-0.2, -0.15) is 4.31 Å². The maximum Gasteiger partial charge on any atom is 0.248 e. The largest absolute Gasteiger partial charge is 0.497 e. The van der Waals surface area contributed by atoms with Crippen LogP contribution in [0.4, 0.5) is 0 Å². The van der Waals surface area contributed by atoms with Crippen LogP contribution < -0.4 is 4.74 Å². The van der Waals surface area contributed by atoms with Gasteiger partial charge in [0.1, 0.15) is 12.4 Å². The molecule has 1 aromatic rings. The van der Waals surface area contributed by atoms with Gasteiger partial charge in [0.2, 0.25) is 15.9 Å².